The summed E-state index contributed by atoms with van der Waals surface area (Å²) in [4.78, 5) is 0.0710. The van der Waals surface area contributed by atoms with Gasteiger partial charge in [-0.3, -0.25) is 5.10 Å². The molecule has 108 valence electrons. The van der Waals surface area contributed by atoms with E-state index in [4.69, 9.17) is 35.3 Å². The third-order valence-corrected chi connectivity index (χ3v) is 3.00. The highest BCUT2D eigenvalue weighted by Gasteiger charge is 2.19. The third kappa shape index (κ3) is 2.71. The van der Waals surface area contributed by atoms with E-state index in [2.05, 4.69) is 20.0 Å². The van der Waals surface area contributed by atoms with Gasteiger partial charge < -0.3 is 16.2 Å². The molecule has 0 radical (unpaired) electrons. The Morgan fingerprint density at radius 1 is 1.60 bits per heavy atom. The number of anilines is 1. The number of alkyl halides is 2. The van der Waals surface area contributed by atoms with Crippen LogP contribution in [0.2, 0.25) is 5.02 Å². The molecule has 0 fully saturated rings. The average molecular weight is 323 g/mol. The van der Waals surface area contributed by atoms with Crippen LogP contribution in [-0.4, -0.2) is 31.6 Å². The van der Waals surface area contributed by atoms with Crippen molar-refractivity contribution in [2.45, 2.75) is 13.2 Å². The van der Waals surface area contributed by atoms with Gasteiger partial charge in [-0.15, -0.1) is 0 Å². The highest BCUT2D eigenvalue weighted by molar-refractivity contribution is 7.80. The first-order valence-electron chi connectivity index (χ1n) is 5.18. The predicted octanol–water partition coefficient (Wildman–Crippen LogP) is 1.20. The van der Waals surface area contributed by atoms with Gasteiger partial charge in [0.2, 0.25) is 0 Å². The number of nitrogens with zero attached hydrogens (tertiary/aromatic N) is 3. The van der Waals surface area contributed by atoms with Gasteiger partial charge in [0.25, 0.3) is 0 Å². The summed E-state index contributed by atoms with van der Waals surface area (Å²) in [5.41, 5.74) is 11.8. The molecule has 0 aliphatic carbocycles. The molecule has 20 heavy (non-hydrogen) atoms. The number of rotatable bonds is 5. The molecule has 0 aromatic carbocycles. The van der Waals surface area contributed by atoms with Crippen LogP contribution in [0.4, 0.5) is 14.6 Å². The number of nitrogen functional groups attached to an aromatic ring is 1. The number of halogens is 3. The molecule has 2 heterocycles. The van der Waals surface area contributed by atoms with E-state index in [1.807, 2.05) is 0 Å². The van der Waals surface area contributed by atoms with Gasteiger partial charge in [-0.25, -0.2) is 0 Å². The molecule has 0 aliphatic rings. The van der Waals surface area contributed by atoms with E-state index >= 15 is 0 Å². The van der Waals surface area contributed by atoms with Gasteiger partial charge in [-0.05, 0) is 0 Å². The largest absolute Gasteiger partial charge is 0.389 e. The van der Waals surface area contributed by atoms with Crippen molar-refractivity contribution in [3.63, 3.8) is 0 Å². The Morgan fingerprint density at radius 3 is 2.85 bits per heavy atom. The first-order valence-corrected chi connectivity index (χ1v) is 5.96. The lowest BCUT2D eigenvalue weighted by atomic mass is 10.3. The Morgan fingerprint density at radius 2 is 2.30 bits per heavy atom. The second-order valence-electron chi connectivity index (χ2n) is 3.63. The zero-order chi connectivity index (χ0) is 14.9. The van der Waals surface area contributed by atoms with Gasteiger partial charge >= 0.3 is 6.61 Å². The molecule has 5 N–H and O–H groups in total. The molecule has 0 bridgehead atoms. The van der Waals surface area contributed by atoms with Gasteiger partial charge in [0.15, 0.2) is 5.82 Å². The Bertz CT molecular complexity index is 642. The fraction of sp³-hybridized carbons (Fsp3) is 0.222. The number of aromatic amines is 1. The average Bonchev–Trinajstić information content (AvgIpc) is 2.90. The van der Waals surface area contributed by atoms with Crippen LogP contribution in [0.5, 0.6) is 0 Å². The summed E-state index contributed by atoms with van der Waals surface area (Å²) in [6, 6.07) is 0. The van der Waals surface area contributed by atoms with Gasteiger partial charge in [-0.1, -0.05) is 23.8 Å². The molecule has 0 spiro atoms. The maximum Gasteiger partial charge on any atom is 0.345 e. The number of hydrogen-bond donors (Lipinski definition) is 3. The summed E-state index contributed by atoms with van der Waals surface area (Å²) in [7, 11) is 0. The molecular weight excluding hydrogens is 314 g/mol. The summed E-state index contributed by atoms with van der Waals surface area (Å²) in [6.45, 7) is -3.33. The van der Waals surface area contributed by atoms with Crippen LogP contribution in [-0.2, 0) is 11.3 Å². The monoisotopic (exact) mass is 322 g/mol. The van der Waals surface area contributed by atoms with E-state index in [0.29, 0.717) is 5.56 Å². The summed E-state index contributed by atoms with van der Waals surface area (Å²) in [6.07, 6.45) is 1.36. The second-order valence-corrected chi connectivity index (χ2v) is 4.45. The maximum absolute atomic E-state index is 12.0. The number of nitrogens with one attached hydrogen (secondary N) is 1. The molecule has 2 aromatic rings. The minimum atomic E-state index is -2.91. The highest BCUT2D eigenvalue weighted by atomic mass is 35.5. The van der Waals surface area contributed by atoms with E-state index in [1.165, 1.54) is 10.9 Å². The van der Waals surface area contributed by atoms with Gasteiger partial charge in [-0.2, -0.15) is 23.7 Å². The lowest BCUT2D eigenvalue weighted by Gasteiger charge is -2.02. The first-order chi connectivity index (χ1) is 9.41. The predicted molar refractivity (Wildman–Crippen MR) is 71.8 cm³/mol. The van der Waals surface area contributed by atoms with Crippen molar-refractivity contribution in [3.8, 4) is 5.82 Å². The molecule has 7 nitrogen and oxygen atoms in total. The third-order valence-electron chi connectivity index (χ3n) is 2.38. The molecular formula is C9H9ClF2N6OS. The van der Waals surface area contributed by atoms with Crippen LogP contribution in [0.3, 0.4) is 0 Å². The minimum absolute atomic E-state index is 0.0648. The number of aromatic nitrogens is 4. The summed E-state index contributed by atoms with van der Waals surface area (Å²) >= 11 is 10.8. The summed E-state index contributed by atoms with van der Waals surface area (Å²) < 4.78 is 29.3. The normalized spacial score (nSPS) is 11.2. The van der Waals surface area contributed by atoms with E-state index < -0.39 is 13.2 Å². The summed E-state index contributed by atoms with van der Waals surface area (Å²) in [5, 5.41) is 10.3. The van der Waals surface area contributed by atoms with Crippen LogP contribution in [0.1, 0.15) is 11.3 Å². The molecule has 0 saturated carbocycles. The molecule has 0 aliphatic heterocycles. The van der Waals surface area contributed by atoms with Crippen LogP contribution < -0.4 is 11.5 Å². The highest BCUT2D eigenvalue weighted by Crippen LogP contribution is 2.25. The zero-order valence-electron chi connectivity index (χ0n) is 9.81. The Kier molecular flexibility index (Phi) is 4.16. The van der Waals surface area contributed by atoms with E-state index in [0.717, 1.165) is 0 Å². The SMILES string of the molecule is NC(=S)c1cnn(-c2n[nH]c(COC(F)F)c2Cl)c1N. The van der Waals surface area contributed by atoms with E-state index in [-0.39, 0.29) is 27.3 Å². The molecule has 0 amide bonds. The molecule has 2 aromatic heterocycles. The Balaban J connectivity index is 2.32. The van der Waals surface area contributed by atoms with E-state index in [1.54, 1.807) is 0 Å². The first kappa shape index (κ1) is 14.6. The van der Waals surface area contributed by atoms with Crippen LogP contribution in [0.25, 0.3) is 5.82 Å². The molecule has 0 saturated heterocycles. The topological polar surface area (TPSA) is 108 Å². The smallest absolute Gasteiger partial charge is 0.345 e. The van der Waals surface area contributed by atoms with Crippen LogP contribution in [0, 0.1) is 0 Å². The standard InChI is InChI=1S/C9H9ClF2N6OS/c10-5-4(2-19-9(11)12)16-17-8(5)18-6(13)3(1-15-18)7(14)20/h1,9H,2,13H2,(H2,14,20)(H,16,17). The molecule has 0 atom stereocenters. The van der Waals surface area contributed by atoms with Gasteiger partial charge in [0.1, 0.15) is 15.8 Å². The Hall–Kier alpha value is -1.78. The fourth-order valence-electron chi connectivity index (χ4n) is 1.45. The number of hydrogen-bond acceptors (Lipinski definition) is 5. The van der Waals surface area contributed by atoms with E-state index in [9.17, 15) is 8.78 Å². The van der Waals surface area contributed by atoms with Crippen molar-refractivity contribution in [2.24, 2.45) is 5.73 Å². The van der Waals surface area contributed by atoms with Crippen molar-refractivity contribution in [2.75, 3.05) is 5.73 Å². The maximum atomic E-state index is 12.0. The molecule has 11 heteroatoms. The number of H-pyrrole nitrogens is 1. The number of ether oxygens (including phenoxy) is 1. The minimum Gasteiger partial charge on any atom is -0.389 e. The quantitative estimate of drug-likeness (QED) is 0.714. The Labute approximate surface area is 121 Å². The van der Waals surface area contributed by atoms with Gasteiger partial charge in [0, 0.05) is 0 Å². The van der Waals surface area contributed by atoms with Crippen LogP contribution >= 0.6 is 23.8 Å². The number of thiocarbonyl (C=S) groups is 1. The van der Waals surface area contributed by atoms with Gasteiger partial charge in [0.05, 0.1) is 24.1 Å². The van der Waals surface area contributed by atoms with Crippen molar-refractivity contribution in [1.82, 2.24) is 20.0 Å². The second kappa shape index (κ2) is 5.69. The number of nitrogens with two attached hydrogens (primary N) is 2. The fourth-order valence-corrected chi connectivity index (χ4v) is 1.83. The summed E-state index contributed by atoms with van der Waals surface area (Å²) in [5.74, 6) is 0.284. The molecule has 0 unspecified atom stereocenters. The van der Waals surface area contributed by atoms with Crippen molar-refractivity contribution < 1.29 is 13.5 Å². The zero-order valence-corrected chi connectivity index (χ0v) is 11.4. The van der Waals surface area contributed by atoms with Crippen molar-refractivity contribution in [3.05, 3.63) is 22.5 Å². The lowest BCUT2D eigenvalue weighted by molar-refractivity contribution is -0.137. The van der Waals surface area contributed by atoms with Crippen molar-refractivity contribution in [1.29, 1.82) is 0 Å². The molecule has 2 rings (SSSR count). The van der Waals surface area contributed by atoms with Crippen molar-refractivity contribution >= 4 is 34.6 Å². The lowest BCUT2D eigenvalue weighted by Crippen LogP contribution is -2.12. The van der Waals surface area contributed by atoms with Crippen LogP contribution in [0.15, 0.2) is 6.20 Å².